The molecule has 0 aliphatic carbocycles. The Kier molecular flexibility index (Phi) is 3.63. The molecule has 2 N–H and O–H groups in total. The molecule has 6 heteroatoms. The van der Waals surface area contributed by atoms with Crippen molar-refractivity contribution in [1.82, 2.24) is 10.0 Å². The maximum atomic E-state index is 11.9. The van der Waals surface area contributed by atoms with Crippen molar-refractivity contribution in [2.24, 2.45) is 5.92 Å². The summed E-state index contributed by atoms with van der Waals surface area (Å²) in [4.78, 5) is 1.02. The minimum atomic E-state index is -3.29. The van der Waals surface area contributed by atoms with Crippen LogP contribution >= 0.6 is 11.3 Å². The molecule has 1 fully saturated rings. The summed E-state index contributed by atoms with van der Waals surface area (Å²) >= 11 is 1.31. The van der Waals surface area contributed by atoms with E-state index in [2.05, 4.69) is 10.0 Å². The summed E-state index contributed by atoms with van der Waals surface area (Å²) in [6.45, 7) is 4.34. The zero-order valence-electron chi connectivity index (χ0n) is 9.19. The van der Waals surface area contributed by atoms with E-state index in [1.807, 2.05) is 13.0 Å². The summed E-state index contributed by atoms with van der Waals surface area (Å²) in [6, 6.07) is 3.49. The molecule has 0 bridgehead atoms. The van der Waals surface area contributed by atoms with Crippen LogP contribution < -0.4 is 10.0 Å². The Balaban J connectivity index is 1.97. The molecule has 1 aliphatic heterocycles. The molecule has 1 unspecified atom stereocenters. The molecule has 4 nitrogen and oxygen atoms in total. The van der Waals surface area contributed by atoms with Crippen molar-refractivity contribution in [1.29, 1.82) is 0 Å². The zero-order valence-corrected chi connectivity index (χ0v) is 10.8. The van der Waals surface area contributed by atoms with Crippen LogP contribution in [0.5, 0.6) is 0 Å². The lowest BCUT2D eigenvalue weighted by molar-refractivity contribution is 0.540. The summed E-state index contributed by atoms with van der Waals surface area (Å²) in [5.74, 6) is 0.427. The van der Waals surface area contributed by atoms with E-state index in [1.54, 1.807) is 6.07 Å². The molecule has 90 valence electrons. The van der Waals surface area contributed by atoms with Gasteiger partial charge in [0.05, 0.1) is 0 Å². The number of aryl methyl sites for hydroxylation is 1. The summed E-state index contributed by atoms with van der Waals surface area (Å²) in [6.07, 6.45) is 1.05. The molecule has 1 atom stereocenters. The standard InChI is InChI=1S/C10H16N2O2S2/c1-8-2-3-10(15-8)16(13,14)12-7-9-4-5-11-6-9/h2-3,9,11-12H,4-7H2,1H3. The van der Waals surface area contributed by atoms with Crippen molar-refractivity contribution in [3.8, 4) is 0 Å². The van der Waals surface area contributed by atoms with Gasteiger partial charge >= 0.3 is 0 Å². The number of hydrogen-bond acceptors (Lipinski definition) is 4. The van der Waals surface area contributed by atoms with Gasteiger partial charge in [-0.25, -0.2) is 13.1 Å². The van der Waals surface area contributed by atoms with Crippen molar-refractivity contribution in [2.75, 3.05) is 19.6 Å². The number of nitrogens with one attached hydrogen (secondary N) is 2. The monoisotopic (exact) mass is 260 g/mol. The van der Waals surface area contributed by atoms with E-state index in [0.29, 0.717) is 16.7 Å². The first-order valence-corrected chi connectivity index (χ1v) is 7.65. The Bertz CT molecular complexity index is 447. The second kappa shape index (κ2) is 4.83. The molecule has 0 amide bonds. The first-order valence-electron chi connectivity index (χ1n) is 5.35. The third kappa shape index (κ3) is 2.82. The predicted octanol–water partition coefficient (Wildman–Crippen LogP) is 0.944. The van der Waals surface area contributed by atoms with E-state index in [0.717, 1.165) is 24.4 Å². The van der Waals surface area contributed by atoms with Crippen LogP contribution in [0.1, 0.15) is 11.3 Å². The van der Waals surface area contributed by atoms with E-state index in [1.165, 1.54) is 11.3 Å². The van der Waals surface area contributed by atoms with Crippen LogP contribution in [-0.4, -0.2) is 28.1 Å². The Labute approximate surface area is 100 Å². The third-order valence-electron chi connectivity index (χ3n) is 2.70. The average Bonchev–Trinajstić information content (AvgIpc) is 2.85. The minimum absolute atomic E-state index is 0.413. The second-order valence-electron chi connectivity index (χ2n) is 4.08. The highest BCUT2D eigenvalue weighted by molar-refractivity contribution is 7.91. The van der Waals surface area contributed by atoms with Gasteiger partial charge in [-0.2, -0.15) is 0 Å². The van der Waals surface area contributed by atoms with Crippen LogP contribution in [0.15, 0.2) is 16.3 Å². The molecule has 1 aromatic rings. The topological polar surface area (TPSA) is 58.2 Å². The maximum absolute atomic E-state index is 11.9. The van der Waals surface area contributed by atoms with Gasteiger partial charge in [0.2, 0.25) is 10.0 Å². The van der Waals surface area contributed by atoms with Gasteiger partial charge in [0, 0.05) is 11.4 Å². The van der Waals surface area contributed by atoms with E-state index in [-0.39, 0.29) is 0 Å². The van der Waals surface area contributed by atoms with Crippen molar-refractivity contribution < 1.29 is 8.42 Å². The maximum Gasteiger partial charge on any atom is 0.250 e. The molecule has 0 radical (unpaired) electrons. The Morgan fingerprint density at radius 2 is 2.38 bits per heavy atom. The molecule has 0 aromatic carbocycles. The summed E-state index contributed by atoms with van der Waals surface area (Å²) in [5.41, 5.74) is 0. The minimum Gasteiger partial charge on any atom is -0.316 e. The fourth-order valence-electron chi connectivity index (χ4n) is 1.74. The Morgan fingerprint density at radius 1 is 1.56 bits per heavy atom. The number of sulfonamides is 1. The van der Waals surface area contributed by atoms with Crippen molar-refractivity contribution >= 4 is 21.4 Å². The summed E-state index contributed by atoms with van der Waals surface area (Å²) in [5, 5.41) is 3.22. The largest absolute Gasteiger partial charge is 0.316 e. The van der Waals surface area contributed by atoms with Crippen molar-refractivity contribution in [3.05, 3.63) is 17.0 Å². The van der Waals surface area contributed by atoms with Gasteiger partial charge in [-0.3, -0.25) is 0 Å². The lowest BCUT2D eigenvalue weighted by Crippen LogP contribution is -2.29. The van der Waals surface area contributed by atoms with E-state index >= 15 is 0 Å². The van der Waals surface area contributed by atoms with Crippen LogP contribution in [0.2, 0.25) is 0 Å². The highest BCUT2D eigenvalue weighted by atomic mass is 32.2. The third-order valence-corrected chi connectivity index (χ3v) is 5.62. The Morgan fingerprint density at radius 3 is 2.94 bits per heavy atom. The lowest BCUT2D eigenvalue weighted by Gasteiger charge is -2.09. The van der Waals surface area contributed by atoms with Crippen molar-refractivity contribution in [3.63, 3.8) is 0 Å². The molecule has 0 saturated carbocycles. The molecule has 1 aromatic heterocycles. The number of hydrogen-bond donors (Lipinski definition) is 2. The zero-order chi connectivity index (χ0) is 11.6. The van der Waals surface area contributed by atoms with Crippen LogP contribution in [0, 0.1) is 12.8 Å². The molecule has 2 heterocycles. The van der Waals surface area contributed by atoms with Gasteiger partial charge < -0.3 is 5.32 Å². The molecular formula is C10H16N2O2S2. The normalized spacial score (nSPS) is 21.4. The van der Waals surface area contributed by atoms with E-state index < -0.39 is 10.0 Å². The SMILES string of the molecule is Cc1ccc(S(=O)(=O)NCC2CCNC2)s1. The lowest BCUT2D eigenvalue weighted by atomic mass is 10.1. The van der Waals surface area contributed by atoms with Crippen molar-refractivity contribution in [2.45, 2.75) is 17.6 Å². The molecule has 16 heavy (non-hydrogen) atoms. The van der Waals surface area contributed by atoms with Gasteiger partial charge in [0.15, 0.2) is 0 Å². The highest BCUT2D eigenvalue weighted by Gasteiger charge is 2.20. The fraction of sp³-hybridized carbons (Fsp3) is 0.600. The van der Waals surface area contributed by atoms with E-state index in [9.17, 15) is 8.42 Å². The highest BCUT2D eigenvalue weighted by Crippen LogP contribution is 2.20. The predicted molar refractivity (Wildman–Crippen MR) is 65.2 cm³/mol. The van der Waals surface area contributed by atoms with Crippen LogP contribution in [0.4, 0.5) is 0 Å². The Hall–Kier alpha value is -0.430. The van der Waals surface area contributed by atoms with E-state index in [4.69, 9.17) is 0 Å². The van der Waals surface area contributed by atoms with Gasteiger partial charge in [-0.15, -0.1) is 11.3 Å². The van der Waals surface area contributed by atoms with Crippen LogP contribution in [0.3, 0.4) is 0 Å². The van der Waals surface area contributed by atoms with Crippen LogP contribution in [0.25, 0.3) is 0 Å². The fourth-order valence-corrected chi connectivity index (χ4v) is 4.19. The first kappa shape index (κ1) is 12.0. The summed E-state index contributed by atoms with van der Waals surface area (Å²) < 4.78 is 26.8. The quantitative estimate of drug-likeness (QED) is 0.847. The smallest absolute Gasteiger partial charge is 0.250 e. The summed E-state index contributed by atoms with van der Waals surface area (Å²) in [7, 11) is -3.29. The molecule has 1 saturated heterocycles. The van der Waals surface area contributed by atoms with Gasteiger partial charge in [0.1, 0.15) is 4.21 Å². The number of rotatable bonds is 4. The van der Waals surface area contributed by atoms with Gasteiger partial charge in [0.25, 0.3) is 0 Å². The molecular weight excluding hydrogens is 244 g/mol. The molecule has 1 aliphatic rings. The molecule has 2 rings (SSSR count). The number of thiophene rings is 1. The van der Waals surface area contributed by atoms with Gasteiger partial charge in [-0.05, 0) is 44.5 Å². The van der Waals surface area contributed by atoms with Crippen LogP contribution in [-0.2, 0) is 10.0 Å². The second-order valence-corrected chi connectivity index (χ2v) is 7.36. The van der Waals surface area contributed by atoms with Gasteiger partial charge in [-0.1, -0.05) is 0 Å². The molecule has 0 spiro atoms. The average molecular weight is 260 g/mol. The first-order chi connectivity index (χ1) is 7.58.